The Kier molecular flexibility index (Phi) is 1.68. The molecule has 1 atom stereocenters. The van der Waals surface area contributed by atoms with Crippen molar-refractivity contribution in [2.45, 2.75) is 6.42 Å². The highest BCUT2D eigenvalue weighted by Crippen LogP contribution is 2.25. The molecule has 0 N–H and O–H groups in total. The lowest BCUT2D eigenvalue weighted by atomic mass is 10.1. The molecule has 0 unspecified atom stereocenters. The van der Waals surface area contributed by atoms with Gasteiger partial charge >= 0.3 is 0 Å². The van der Waals surface area contributed by atoms with Gasteiger partial charge in [0.1, 0.15) is 0 Å². The topological polar surface area (TPSA) is 29.4 Å². The van der Waals surface area contributed by atoms with Gasteiger partial charge in [-0.2, -0.15) is 4.36 Å². The first kappa shape index (κ1) is 7.80. The van der Waals surface area contributed by atoms with Gasteiger partial charge < -0.3 is 0 Å². The fourth-order valence-electron chi connectivity index (χ4n) is 1.36. The Morgan fingerprint density at radius 3 is 3.00 bits per heavy atom. The van der Waals surface area contributed by atoms with Crippen LogP contribution in [-0.2, 0) is 16.1 Å². The van der Waals surface area contributed by atoms with Crippen molar-refractivity contribution in [1.82, 2.24) is 0 Å². The third kappa shape index (κ3) is 1.37. The number of rotatable bonds is 0. The van der Waals surface area contributed by atoms with E-state index in [2.05, 4.69) is 4.36 Å². The Balaban J connectivity index is 2.63. The van der Waals surface area contributed by atoms with Crippen LogP contribution in [0.15, 0.2) is 28.6 Å². The lowest BCUT2D eigenvalue weighted by Gasteiger charge is -2.13. The highest BCUT2D eigenvalue weighted by Gasteiger charge is 2.12. The monoisotopic (exact) mass is 181 g/mol. The van der Waals surface area contributed by atoms with Gasteiger partial charge in [-0.25, -0.2) is 4.21 Å². The molecule has 1 heterocycles. The van der Waals surface area contributed by atoms with Crippen LogP contribution in [0, 0.1) is 0 Å². The second-order valence-corrected chi connectivity index (χ2v) is 5.64. The van der Waals surface area contributed by atoms with Gasteiger partial charge in [0.25, 0.3) is 0 Å². The van der Waals surface area contributed by atoms with E-state index in [1.165, 1.54) is 5.56 Å². The summed E-state index contributed by atoms with van der Waals surface area (Å²) >= 11 is 0. The van der Waals surface area contributed by atoms with Crippen molar-refractivity contribution < 1.29 is 4.21 Å². The molecule has 3 heteroatoms. The molecule has 64 valence electrons. The maximum absolute atomic E-state index is 11.6. The van der Waals surface area contributed by atoms with Crippen LogP contribution in [0.25, 0.3) is 0 Å². The Morgan fingerprint density at radius 1 is 1.42 bits per heavy atom. The van der Waals surface area contributed by atoms with Gasteiger partial charge in [-0.05, 0) is 18.1 Å². The average molecular weight is 181 g/mol. The molecule has 1 aliphatic heterocycles. The van der Waals surface area contributed by atoms with Gasteiger partial charge in [-0.1, -0.05) is 18.2 Å². The summed E-state index contributed by atoms with van der Waals surface area (Å²) in [6, 6.07) is 7.91. The number of nitrogens with zero attached hydrogens (tertiary/aromatic N) is 1. The zero-order chi connectivity index (χ0) is 8.60. The molecule has 0 fully saturated rings. The van der Waals surface area contributed by atoms with E-state index < -0.39 is 9.73 Å². The van der Waals surface area contributed by atoms with Crippen molar-refractivity contribution in [2.75, 3.05) is 12.0 Å². The van der Waals surface area contributed by atoms with Gasteiger partial charge in [0.15, 0.2) is 0 Å². The standard InChI is InChI=1S/C9H11NOS/c1-12(11)7-6-8-4-2-3-5-9(8)10-12/h2-5H,6-7H2,1H3/t12-/m0/s1. The molecule has 0 radical (unpaired) electrons. The predicted octanol–water partition coefficient (Wildman–Crippen LogP) is 1.97. The van der Waals surface area contributed by atoms with E-state index >= 15 is 0 Å². The van der Waals surface area contributed by atoms with Crippen molar-refractivity contribution in [1.29, 1.82) is 0 Å². The Bertz CT molecular complexity index is 416. The zero-order valence-electron chi connectivity index (χ0n) is 6.99. The second kappa shape index (κ2) is 2.59. The van der Waals surface area contributed by atoms with E-state index in [1.807, 2.05) is 24.3 Å². The van der Waals surface area contributed by atoms with E-state index in [0.29, 0.717) is 5.75 Å². The molecule has 1 aromatic rings. The minimum atomic E-state index is -1.92. The van der Waals surface area contributed by atoms with Crippen molar-refractivity contribution in [2.24, 2.45) is 4.36 Å². The average Bonchev–Trinajstić information content (AvgIpc) is 2.02. The molecule has 0 aliphatic carbocycles. The normalized spacial score (nSPS) is 27.4. The predicted molar refractivity (Wildman–Crippen MR) is 51.2 cm³/mol. The van der Waals surface area contributed by atoms with Crippen LogP contribution in [0.3, 0.4) is 0 Å². The summed E-state index contributed by atoms with van der Waals surface area (Å²) in [5, 5.41) is 0. The van der Waals surface area contributed by atoms with Crippen LogP contribution in [-0.4, -0.2) is 16.2 Å². The summed E-state index contributed by atoms with van der Waals surface area (Å²) < 4.78 is 15.8. The SMILES string of the molecule is C[S@@]1(=O)=Nc2ccccc2CC1. The maximum atomic E-state index is 11.6. The van der Waals surface area contributed by atoms with Crippen molar-refractivity contribution in [3.05, 3.63) is 29.8 Å². The number of aryl methyl sites for hydroxylation is 1. The van der Waals surface area contributed by atoms with E-state index in [0.717, 1.165) is 12.1 Å². The first-order valence-electron chi connectivity index (χ1n) is 3.95. The molecule has 0 spiro atoms. The smallest absolute Gasteiger partial charge is 0.0762 e. The molecule has 1 aliphatic rings. The van der Waals surface area contributed by atoms with Crippen LogP contribution in [0.4, 0.5) is 5.69 Å². The second-order valence-electron chi connectivity index (χ2n) is 3.13. The van der Waals surface area contributed by atoms with Crippen LogP contribution in [0.5, 0.6) is 0 Å². The minimum Gasteiger partial charge on any atom is -0.250 e. The summed E-state index contributed by atoms with van der Waals surface area (Å²) in [6.07, 6.45) is 2.62. The maximum Gasteiger partial charge on any atom is 0.0762 e. The van der Waals surface area contributed by atoms with Crippen LogP contribution >= 0.6 is 0 Å². The van der Waals surface area contributed by atoms with Crippen molar-refractivity contribution in [3.8, 4) is 0 Å². The molecular weight excluding hydrogens is 170 g/mol. The number of hydrogen-bond donors (Lipinski definition) is 0. The third-order valence-corrected chi connectivity index (χ3v) is 3.58. The van der Waals surface area contributed by atoms with Gasteiger partial charge in [0.05, 0.1) is 5.69 Å². The van der Waals surface area contributed by atoms with Crippen LogP contribution in [0.1, 0.15) is 5.56 Å². The summed E-state index contributed by atoms with van der Waals surface area (Å²) in [5.74, 6) is 0.698. The first-order chi connectivity index (χ1) is 5.67. The molecular formula is C9H11NOS. The first-order valence-corrected chi connectivity index (χ1v) is 6.04. The van der Waals surface area contributed by atoms with E-state index in [9.17, 15) is 4.21 Å². The van der Waals surface area contributed by atoms with Gasteiger partial charge in [-0.15, -0.1) is 0 Å². The molecule has 2 rings (SSSR count). The molecule has 0 saturated carbocycles. The van der Waals surface area contributed by atoms with Gasteiger partial charge in [0, 0.05) is 21.7 Å². The van der Waals surface area contributed by atoms with Crippen molar-refractivity contribution in [3.63, 3.8) is 0 Å². The molecule has 1 aromatic carbocycles. The molecule has 0 saturated heterocycles. The largest absolute Gasteiger partial charge is 0.250 e. The molecule has 0 amide bonds. The van der Waals surface area contributed by atoms with Crippen LogP contribution < -0.4 is 0 Å². The number of fused-ring (bicyclic) bond motifs is 1. The summed E-state index contributed by atoms with van der Waals surface area (Å²) in [5.41, 5.74) is 2.13. The van der Waals surface area contributed by atoms with Gasteiger partial charge in [0.2, 0.25) is 0 Å². The fraction of sp³-hybridized carbons (Fsp3) is 0.333. The highest BCUT2D eigenvalue weighted by atomic mass is 32.2. The lowest BCUT2D eigenvalue weighted by Crippen LogP contribution is -2.10. The summed E-state index contributed by atoms with van der Waals surface area (Å²) in [6.45, 7) is 0. The Hall–Kier alpha value is -0.830. The van der Waals surface area contributed by atoms with Crippen LogP contribution in [0.2, 0.25) is 0 Å². The van der Waals surface area contributed by atoms with Gasteiger partial charge in [-0.3, -0.25) is 0 Å². The molecule has 12 heavy (non-hydrogen) atoms. The van der Waals surface area contributed by atoms with Crippen molar-refractivity contribution >= 4 is 15.4 Å². The Labute approximate surface area is 72.8 Å². The lowest BCUT2D eigenvalue weighted by molar-refractivity contribution is 0.679. The summed E-state index contributed by atoms with van der Waals surface area (Å²) in [7, 11) is -1.92. The number of hydrogen-bond acceptors (Lipinski definition) is 2. The van der Waals surface area contributed by atoms with E-state index in [1.54, 1.807) is 6.26 Å². The Morgan fingerprint density at radius 2 is 2.17 bits per heavy atom. The molecule has 2 nitrogen and oxygen atoms in total. The quantitative estimate of drug-likeness (QED) is 0.601. The van der Waals surface area contributed by atoms with E-state index in [4.69, 9.17) is 0 Å². The third-order valence-electron chi connectivity index (χ3n) is 2.03. The molecule has 0 bridgehead atoms. The minimum absolute atomic E-state index is 0.698. The molecule has 0 aromatic heterocycles. The van der Waals surface area contributed by atoms with E-state index in [-0.39, 0.29) is 0 Å². The number of benzene rings is 1. The zero-order valence-corrected chi connectivity index (χ0v) is 7.80. The highest BCUT2D eigenvalue weighted by molar-refractivity contribution is 7.93. The summed E-state index contributed by atoms with van der Waals surface area (Å²) in [4.78, 5) is 0. The fourth-order valence-corrected chi connectivity index (χ4v) is 2.65.